The topological polar surface area (TPSA) is 76.1 Å². The van der Waals surface area contributed by atoms with Crippen LogP contribution >= 0.6 is 0 Å². The van der Waals surface area contributed by atoms with Crippen molar-refractivity contribution in [2.75, 3.05) is 17.2 Å². The van der Waals surface area contributed by atoms with Crippen LogP contribution in [0.15, 0.2) is 54.6 Å². The number of halogens is 1. The zero-order valence-corrected chi connectivity index (χ0v) is 15.0. The third-order valence-electron chi connectivity index (χ3n) is 3.60. The molecule has 0 saturated carbocycles. The Bertz CT molecular complexity index is 945. The molecule has 138 valence electrons. The van der Waals surface area contributed by atoms with Gasteiger partial charge in [-0.15, -0.1) is 0 Å². The summed E-state index contributed by atoms with van der Waals surface area (Å²) in [6.07, 6.45) is 0. The molecule has 6 nitrogen and oxygen atoms in total. The number of hydrogen-bond acceptors (Lipinski definition) is 6. The molecule has 0 saturated heterocycles. The van der Waals surface area contributed by atoms with E-state index in [-0.39, 0.29) is 11.8 Å². The van der Waals surface area contributed by atoms with Gasteiger partial charge in [-0.3, -0.25) is 0 Å². The van der Waals surface area contributed by atoms with Crippen LogP contribution in [0.1, 0.15) is 23.1 Å². The normalized spacial score (nSPS) is 10.3. The van der Waals surface area contributed by atoms with Crippen molar-refractivity contribution in [2.24, 2.45) is 0 Å². The van der Waals surface area contributed by atoms with E-state index in [0.717, 1.165) is 5.69 Å². The van der Waals surface area contributed by atoms with E-state index in [4.69, 9.17) is 4.74 Å². The van der Waals surface area contributed by atoms with Gasteiger partial charge < -0.3 is 15.4 Å². The van der Waals surface area contributed by atoms with Gasteiger partial charge >= 0.3 is 5.97 Å². The van der Waals surface area contributed by atoms with Gasteiger partial charge in [-0.1, -0.05) is 6.07 Å². The second-order valence-electron chi connectivity index (χ2n) is 5.74. The fraction of sp³-hybridized carbons (Fsp3) is 0.150. The van der Waals surface area contributed by atoms with E-state index in [1.54, 1.807) is 56.3 Å². The molecule has 0 aliphatic rings. The number of carbonyl (C=O) groups excluding carboxylic acids is 1. The predicted molar refractivity (Wildman–Crippen MR) is 102 cm³/mol. The first-order chi connectivity index (χ1) is 13.0. The summed E-state index contributed by atoms with van der Waals surface area (Å²) >= 11 is 0. The smallest absolute Gasteiger partial charge is 0.338 e. The largest absolute Gasteiger partial charge is 0.462 e. The minimum absolute atomic E-state index is 0.328. The Morgan fingerprint density at radius 2 is 1.67 bits per heavy atom. The number of nitrogens with one attached hydrogen (secondary N) is 2. The zero-order valence-electron chi connectivity index (χ0n) is 15.0. The molecule has 0 amide bonds. The Hall–Kier alpha value is -3.48. The number of hydrogen-bond donors (Lipinski definition) is 2. The molecule has 0 fully saturated rings. The fourth-order valence-corrected chi connectivity index (χ4v) is 2.46. The Labute approximate surface area is 156 Å². The van der Waals surface area contributed by atoms with Gasteiger partial charge in [-0.2, -0.15) is 0 Å². The Kier molecular flexibility index (Phi) is 5.61. The minimum atomic E-state index is -0.358. The lowest BCUT2D eigenvalue weighted by atomic mass is 10.2. The van der Waals surface area contributed by atoms with Crippen LogP contribution in [-0.4, -0.2) is 22.5 Å². The predicted octanol–water partition coefficient (Wildman–Crippen LogP) is 4.59. The summed E-state index contributed by atoms with van der Waals surface area (Å²) < 4.78 is 18.3. The highest BCUT2D eigenvalue weighted by Crippen LogP contribution is 2.21. The lowest BCUT2D eigenvalue weighted by molar-refractivity contribution is 0.0526. The first-order valence-electron chi connectivity index (χ1n) is 8.46. The summed E-state index contributed by atoms with van der Waals surface area (Å²) in [5.41, 5.74) is 1.84. The van der Waals surface area contributed by atoms with Crippen molar-refractivity contribution in [1.29, 1.82) is 0 Å². The molecule has 1 aromatic heterocycles. The lowest BCUT2D eigenvalue weighted by Gasteiger charge is -2.11. The van der Waals surface area contributed by atoms with Gasteiger partial charge in [0.2, 0.25) is 0 Å². The summed E-state index contributed by atoms with van der Waals surface area (Å²) in [5.74, 6) is 0.986. The second kappa shape index (κ2) is 8.27. The van der Waals surface area contributed by atoms with E-state index < -0.39 is 0 Å². The quantitative estimate of drug-likeness (QED) is 0.622. The van der Waals surface area contributed by atoms with Crippen molar-refractivity contribution in [3.05, 3.63) is 71.8 Å². The van der Waals surface area contributed by atoms with E-state index in [1.807, 2.05) is 0 Å². The molecule has 3 aromatic rings. The SMILES string of the molecule is CCOC(=O)c1ccc(Nc2cc(Nc3cccc(F)c3)nc(C)n2)cc1. The van der Waals surface area contributed by atoms with Gasteiger partial charge in [0, 0.05) is 17.4 Å². The first-order valence-corrected chi connectivity index (χ1v) is 8.46. The average Bonchev–Trinajstić information content (AvgIpc) is 2.62. The number of benzene rings is 2. The van der Waals surface area contributed by atoms with Crippen LogP contribution in [0.5, 0.6) is 0 Å². The third-order valence-corrected chi connectivity index (χ3v) is 3.60. The minimum Gasteiger partial charge on any atom is -0.462 e. The fourth-order valence-electron chi connectivity index (χ4n) is 2.46. The van der Waals surface area contributed by atoms with Crippen LogP contribution in [0.25, 0.3) is 0 Å². The van der Waals surface area contributed by atoms with Gasteiger partial charge in [-0.25, -0.2) is 19.2 Å². The molecule has 1 heterocycles. The van der Waals surface area contributed by atoms with E-state index in [9.17, 15) is 9.18 Å². The number of anilines is 4. The maximum Gasteiger partial charge on any atom is 0.338 e. The molecule has 0 aliphatic heterocycles. The summed E-state index contributed by atoms with van der Waals surface area (Å²) in [4.78, 5) is 20.4. The maximum atomic E-state index is 13.3. The van der Waals surface area contributed by atoms with Crippen LogP contribution in [0, 0.1) is 12.7 Å². The van der Waals surface area contributed by atoms with Gasteiger partial charge in [0.1, 0.15) is 23.3 Å². The average molecular weight is 366 g/mol. The van der Waals surface area contributed by atoms with Crippen LogP contribution in [0.3, 0.4) is 0 Å². The number of nitrogens with zero attached hydrogens (tertiary/aromatic N) is 2. The molecular formula is C20H19FN4O2. The highest BCUT2D eigenvalue weighted by molar-refractivity contribution is 5.89. The van der Waals surface area contributed by atoms with Gasteiger partial charge in [0.15, 0.2) is 0 Å². The zero-order chi connectivity index (χ0) is 19.2. The number of carbonyl (C=O) groups is 1. The van der Waals surface area contributed by atoms with Crippen molar-refractivity contribution in [2.45, 2.75) is 13.8 Å². The second-order valence-corrected chi connectivity index (χ2v) is 5.74. The molecule has 0 bridgehead atoms. The number of aryl methyl sites for hydroxylation is 1. The Morgan fingerprint density at radius 3 is 2.30 bits per heavy atom. The van der Waals surface area contributed by atoms with Crippen LogP contribution < -0.4 is 10.6 Å². The van der Waals surface area contributed by atoms with Crippen molar-refractivity contribution in [1.82, 2.24) is 9.97 Å². The number of ether oxygens (including phenoxy) is 1. The molecule has 7 heteroatoms. The van der Waals surface area contributed by atoms with Gasteiger partial charge in [0.25, 0.3) is 0 Å². The molecule has 0 spiro atoms. The number of esters is 1. The van der Waals surface area contributed by atoms with Crippen LogP contribution in [0.4, 0.5) is 27.4 Å². The summed E-state index contributed by atoms with van der Waals surface area (Å²) in [5, 5.41) is 6.22. The van der Waals surface area contributed by atoms with E-state index in [1.165, 1.54) is 12.1 Å². The molecule has 2 N–H and O–H groups in total. The van der Waals surface area contributed by atoms with E-state index >= 15 is 0 Å². The van der Waals surface area contributed by atoms with E-state index in [0.29, 0.717) is 35.3 Å². The monoisotopic (exact) mass is 366 g/mol. The molecule has 2 aromatic carbocycles. The Morgan fingerprint density at radius 1 is 1.00 bits per heavy atom. The van der Waals surface area contributed by atoms with Gasteiger partial charge in [-0.05, 0) is 56.3 Å². The van der Waals surface area contributed by atoms with Crippen molar-refractivity contribution >= 4 is 29.0 Å². The van der Waals surface area contributed by atoms with Crippen LogP contribution in [-0.2, 0) is 4.74 Å². The molecule has 27 heavy (non-hydrogen) atoms. The molecule has 3 rings (SSSR count). The molecule has 0 atom stereocenters. The van der Waals surface area contributed by atoms with Crippen molar-refractivity contribution < 1.29 is 13.9 Å². The van der Waals surface area contributed by atoms with Crippen molar-refractivity contribution in [3.63, 3.8) is 0 Å². The summed E-state index contributed by atoms with van der Waals surface area (Å²) in [6, 6.07) is 14.8. The first kappa shape index (κ1) is 18.3. The van der Waals surface area contributed by atoms with Crippen molar-refractivity contribution in [3.8, 4) is 0 Å². The molecule has 0 radical (unpaired) electrons. The van der Waals surface area contributed by atoms with Crippen LogP contribution in [0.2, 0.25) is 0 Å². The highest BCUT2D eigenvalue weighted by atomic mass is 19.1. The summed E-state index contributed by atoms with van der Waals surface area (Å²) in [7, 11) is 0. The number of aromatic nitrogens is 2. The summed E-state index contributed by atoms with van der Waals surface area (Å²) in [6.45, 7) is 3.87. The Balaban J connectivity index is 1.75. The standard InChI is InChI=1S/C20H19FN4O2/c1-3-27-20(26)14-7-9-16(10-8-14)24-18-12-19(23-13(2)22-18)25-17-6-4-5-15(21)11-17/h4-12H,3H2,1-2H3,(H2,22,23,24,25). The number of rotatable bonds is 6. The molecular weight excluding hydrogens is 347 g/mol. The lowest BCUT2D eigenvalue weighted by Crippen LogP contribution is -2.05. The maximum absolute atomic E-state index is 13.3. The van der Waals surface area contributed by atoms with E-state index in [2.05, 4.69) is 20.6 Å². The van der Waals surface area contributed by atoms with Gasteiger partial charge in [0.05, 0.1) is 12.2 Å². The molecule has 0 aliphatic carbocycles. The molecule has 0 unspecified atom stereocenters. The third kappa shape index (κ3) is 5.01. The highest BCUT2D eigenvalue weighted by Gasteiger charge is 2.07.